The highest BCUT2D eigenvalue weighted by atomic mass is 16.5. The first-order valence-corrected chi connectivity index (χ1v) is 7.50. The van der Waals surface area contributed by atoms with Gasteiger partial charge in [0.05, 0.1) is 0 Å². The molecule has 0 radical (unpaired) electrons. The van der Waals surface area contributed by atoms with Gasteiger partial charge in [0.1, 0.15) is 12.4 Å². The fourth-order valence-electron chi connectivity index (χ4n) is 2.16. The van der Waals surface area contributed by atoms with E-state index in [1.54, 1.807) is 0 Å². The van der Waals surface area contributed by atoms with E-state index >= 15 is 0 Å². The lowest BCUT2D eigenvalue weighted by Crippen LogP contribution is -2.28. The van der Waals surface area contributed by atoms with E-state index in [9.17, 15) is 0 Å². The molecule has 0 aromatic heterocycles. The quantitative estimate of drug-likeness (QED) is 0.740. The third-order valence-electron chi connectivity index (χ3n) is 3.69. The molecule has 1 aromatic rings. The van der Waals surface area contributed by atoms with Crippen LogP contribution in [0.15, 0.2) is 24.3 Å². The molecule has 0 unspecified atom stereocenters. The van der Waals surface area contributed by atoms with Crippen LogP contribution in [0.1, 0.15) is 32.3 Å². The Kier molecular flexibility index (Phi) is 5.67. The van der Waals surface area contributed by atoms with Crippen molar-refractivity contribution in [3.63, 3.8) is 0 Å². The predicted octanol–water partition coefficient (Wildman–Crippen LogP) is 2.66. The van der Waals surface area contributed by atoms with Crippen molar-refractivity contribution >= 4 is 0 Å². The van der Waals surface area contributed by atoms with Crippen LogP contribution in [-0.2, 0) is 6.54 Å². The molecule has 1 aliphatic rings. The predicted molar refractivity (Wildman–Crippen MR) is 79.6 cm³/mol. The minimum absolute atomic E-state index is 0.740. The summed E-state index contributed by atoms with van der Waals surface area (Å²) < 4.78 is 5.94. The maximum atomic E-state index is 5.94. The first-order chi connectivity index (χ1) is 9.33. The molecule has 3 heteroatoms. The number of rotatable bonds is 9. The molecule has 1 saturated carbocycles. The molecule has 0 heterocycles. The summed E-state index contributed by atoms with van der Waals surface area (Å²) in [5.74, 6) is 1.03. The molecule has 1 aromatic carbocycles. The Morgan fingerprint density at radius 3 is 2.63 bits per heavy atom. The van der Waals surface area contributed by atoms with E-state index in [1.807, 2.05) is 6.07 Å². The van der Waals surface area contributed by atoms with E-state index in [2.05, 4.69) is 42.3 Å². The average Bonchev–Trinajstić information content (AvgIpc) is 3.26. The molecule has 0 amide bonds. The average molecular weight is 262 g/mol. The standard InChI is InChI=1S/C16H26N2O/c1-3-18(4-2)11-12-19-16-8-6-5-7-14(16)13-17-15-9-10-15/h5-8,15,17H,3-4,9-13H2,1-2H3. The number of hydrogen-bond acceptors (Lipinski definition) is 3. The van der Waals surface area contributed by atoms with Crippen LogP contribution in [0.2, 0.25) is 0 Å². The van der Waals surface area contributed by atoms with Crippen LogP contribution in [0.5, 0.6) is 5.75 Å². The summed E-state index contributed by atoms with van der Waals surface area (Å²) in [6.45, 7) is 9.25. The van der Waals surface area contributed by atoms with Gasteiger partial charge in [0.25, 0.3) is 0 Å². The summed E-state index contributed by atoms with van der Waals surface area (Å²) >= 11 is 0. The lowest BCUT2D eigenvalue weighted by atomic mass is 10.2. The van der Waals surface area contributed by atoms with Crippen molar-refractivity contribution in [1.29, 1.82) is 0 Å². The van der Waals surface area contributed by atoms with Crippen LogP contribution >= 0.6 is 0 Å². The van der Waals surface area contributed by atoms with E-state index in [-0.39, 0.29) is 0 Å². The van der Waals surface area contributed by atoms with Gasteiger partial charge in [-0.05, 0) is 32.0 Å². The molecule has 0 bridgehead atoms. The smallest absolute Gasteiger partial charge is 0.123 e. The zero-order valence-electron chi connectivity index (χ0n) is 12.2. The van der Waals surface area contributed by atoms with Crippen LogP contribution in [0, 0.1) is 0 Å². The van der Waals surface area contributed by atoms with Gasteiger partial charge in [0.15, 0.2) is 0 Å². The Balaban J connectivity index is 1.80. The van der Waals surface area contributed by atoms with Gasteiger partial charge in [0, 0.05) is 24.7 Å². The summed E-state index contributed by atoms with van der Waals surface area (Å²) in [6.07, 6.45) is 2.65. The lowest BCUT2D eigenvalue weighted by Gasteiger charge is -2.19. The molecule has 3 nitrogen and oxygen atoms in total. The van der Waals surface area contributed by atoms with Crippen molar-refractivity contribution in [3.8, 4) is 5.75 Å². The highest BCUT2D eigenvalue weighted by Crippen LogP contribution is 2.22. The van der Waals surface area contributed by atoms with Crippen LogP contribution < -0.4 is 10.1 Å². The number of nitrogens with one attached hydrogen (secondary N) is 1. The van der Waals surface area contributed by atoms with Crippen LogP contribution in [0.25, 0.3) is 0 Å². The summed E-state index contributed by atoms with van der Waals surface area (Å²) in [7, 11) is 0. The molecule has 19 heavy (non-hydrogen) atoms. The topological polar surface area (TPSA) is 24.5 Å². The van der Waals surface area contributed by atoms with E-state index < -0.39 is 0 Å². The molecule has 0 atom stereocenters. The maximum Gasteiger partial charge on any atom is 0.123 e. The number of hydrogen-bond donors (Lipinski definition) is 1. The normalized spacial score (nSPS) is 14.9. The zero-order valence-corrected chi connectivity index (χ0v) is 12.2. The molecule has 0 aliphatic heterocycles. The molecule has 0 saturated heterocycles. The first kappa shape index (κ1) is 14.4. The third-order valence-corrected chi connectivity index (χ3v) is 3.69. The van der Waals surface area contributed by atoms with Crippen molar-refractivity contribution in [2.75, 3.05) is 26.2 Å². The van der Waals surface area contributed by atoms with Crippen LogP contribution in [-0.4, -0.2) is 37.2 Å². The summed E-state index contributed by atoms with van der Waals surface area (Å²) in [4.78, 5) is 2.38. The van der Waals surface area contributed by atoms with Gasteiger partial charge in [-0.2, -0.15) is 0 Å². The highest BCUT2D eigenvalue weighted by molar-refractivity contribution is 5.33. The number of para-hydroxylation sites is 1. The van der Waals surface area contributed by atoms with Crippen molar-refractivity contribution < 1.29 is 4.74 Å². The number of ether oxygens (including phenoxy) is 1. The minimum atomic E-state index is 0.740. The Morgan fingerprint density at radius 2 is 1.95 bits per heavy atom. The van der Waals surface area contributed by atoms with Crippen LogP contribution in [0.3, 0.4) is 0 Å². The lowest BCUT2D eigenvalue weighted by molar-refractivity contribution is 0.221. The Morgan fingerprint density at radius 1 is 1.21 bits per heavy atom. The Bertz CT molecular complexity index is 373. The fourth-order valence-corrected chi connectivity index (χ4v) is 2.16. The molecular formula is C16H26N2O. The van der Waals surface area contributed by atoms with Crippen LogP contribution in [0.4, 0.5) is 0 Å². The largest absolute Gasteiger partial charge is 0.492 e. The Labute approximate surface area is 116 Å². The summed E-state index contributed by atoms with van der Waals surface area (Å²) in [5, 5.41) is 3.54. The van der Waals surface area contributed by atoms with Crippen molar-refractivity contribution in [2.45, 2.75) is 39.3 Å². The number of benzene rings is 1. The molecule has 106 valence electrons. The summed E-state index contributed by atoms with van der Waals surface area (Å²) in [6, 6.07) is 9.10. The Hall–Kier alpha value is -1.06. The molecule has 1 fully saturated rings. The molecule has 2 rings (SSSR count). The van der Waals surface area contributed by atoms with Crippen molar-refractivity contribution in [3.05, 3.63) is 29.8 Å². The minimum Gasteiger partial charge on any atom is -0.492 e. The number of nitrogens with zero attached hydrogens (tertiary/aromatic N) is 1. The molecule has 1 N–H and O–H groups in total. The van der Waals surface area contributed by atoms with Gasteiger partial charge in [-0.3, -0.25) is 0 Å². The van der Waals surface area contributed by atoms with Gasteiger partial charge in [0.2, 0.25) is 0 Å². The van der Waals surface area contributed by atoms with Gasteiger partial charge in [-0.1, -0.05) is 32.0 Å². The first-order valence-electron chi connectivity index (χ1n) is 7.50. The second kappa shape index (κ2) is 7.51. The van der Waals surface area contributed by atoms with Crippen molar-refractivity contribution in [1.82, 2.24) is 10.2 Å². The van der Waals surface area contributed by atoms with Gasteiger partial charge >= 0.3 is 0 Å². The van der Waals surface area contributed by atoms with E-state index in [0.29, 0.717) is 0 Å². The molecular weight excluding hydrogens is 236 g/mol. The van der Waals surface area contributed by atoms with Gasteiger partial charge < -0.3 is 15.0 Å². The number of likely N-dealkylation sites (N-methyl/N-ethyl adjacent to an activating group) is 1. The third kappa shape index (κ3) is 4.84. The van der Waals surface area contributed by atoms with E-state index in [0.717, 1.165) is 44.6 Å². The van der Waals surface area contributed by atoms with E-state index in [1.165, 1.54) is 18.4 Å². The summed E-state index contributed by atoms with van der Waals surface area (Å²) in [5.41, 5.74) is 1.27. The van der Waals surface area contributed by atoms with Crippen molar-refractivity contribution in [2.24, 2.45) is 0 Å². The van der Waals surface area contributed by atoms with Gasteiger partial charge in [-0.15, -0.1) is 0 Å². The fraction of sp³-hybridized carbons (Fsp3) is 0.625. The van der Waals surface area contributed by atoms with E-state index in [4.69, 9.17) is 4.74 Å². The van der Waals surface area contributed by atoms with Gasteiger partial charge in [-0.25, -0.2) is 0 Å². The monoisotopic (exact) mass is 262 g/mol. The maximum absolute atomic E-state index is 5.94. The zero-order chi connectivity index (χ0) is 13.5. The highest BCUT2D eigenvalue weighted by Gasteiger charge is 2.20. The molecule has 1 aliphatic carbocycles. The second-order valence-electron chi connectivity index (χ2n) is 5.14. The SMILES string of the molecule is CCN(CC)CCOc1ccccc1CNC1CC1. The molecule has 0 spiro atoms. The second-order valence-corrected chi connectivity index (χ2v) is 5.14.